The van der Waals surface area contributed by atoms with Gasteiger partial charge in [0.1, 0.15) is 6.10 Å². The summed E-state index contributed by atoms with van der Waals surface area (Å²) in [5.74, 6) is 0. The van der Waals surface area contributed by atoms with Crippen molar-refractivity contribution in [2.24, 2.45) is 0 Å². The number of fused-ring (bicyclic) bond motifs is 1. The molecule has 1 N–H and O–H groups in total. The molecule has 3 heteroatoms. The van der Waals surface area contributed by atoms with Crippen LogP contribution in [0.25, 0.3) is 11.3 Å². The van der Waals surface area contributed by atoms with Gasteiger partial charge in [-0.1, -0.05) is 17.7 Å². The van der Waals surface area contributed by atoms with Crippen molar-refractivity contribution in [2.75, 3.05) is 0 Å². The van der Waals surface area contributed by atoms with Crippen molar-refractivity contribution in [2.45, 2.75) is 46.1 Å². The average Bonchev–Trinajstić information content (AvgIpc) is 2.40. The fourth-order valence-electron chi connectivity index (χ4n) is 3.55. The molecule has 3 rings (SSSR count). The van der Waals surface area contributed by atoms with Gasteiger partial charge in [0, 0.05) is 11.6 Å². The number of benzene rings is 1. The van der Waals surface area contributed by atoms with Crippen molar-refractivity contribution in [1.29, 1.82) is 0 Å². The molecule has 1 aliphatic carbocycles. The van der Waals surface area contributed by atoms with Crippen molar-refractivity contribution >= 4 is 0 Å². The molecule has 1 aliphatic rings. The zero-order chi connectivity index (χ0) is 15.1. The standard InChI is InChI=1S/C18H21NO2/c1-11-9-12(2)17(13(3)10-11)15-8-7-14-5-4-6-16(20)18(14)19(15)21/h7-10,16,20H,4-6H2,1-3H3/t16-/m0/s1. The second-order valence-corrected chi connectivity index (χ2v) is 6.11. The molecule has 0 bridgehead atoms. The van der Waals surface area contributed by atoms with Gasteiger partial charge in [-0.2, -0.15) is 4.73 Å². The molecular formula is C18H21NO2. The van der Waals surface area contributed by atoms with Gasteiger partial charge < -0.3 is 10.3 Å². The van der Waals surface area contributed by atoms with Crippen molar-refractivity contribution in [3.63, 3.8) is 0 Å². The van der Waals surface area contributed by atoms with Gasteiger partial charge in [-0.15, -0.1) is 0 Å². The Bertz CT molecular complexity index is 684. The van der Waals surface area contributed by atoms with Gasteiger partial charge in [0.15, 0.2) is 0 Å². The number of hydrogen-bond donors (Lipinski definition) is 1. The summed E-state index contributed by atoms with van der Waals surface area (Å²) in [4.78, 5) is 0. The van der Waals surface area contributed by atoms with E-state index in [1.54, 1.807) is 0 Å². The molecule has 0 amide bonds. The molecule has 0 saturated carbocycles. The van der Waals surface area contributed by atoms with Crippen LogP contribution in [-0.2, 0) is 6.42 Å². The van der Waals surface area contributed by atoms with Gasteiger partial charge in [-0.25, -0.2) is 0 Å². The Morgan fingerprint density at radius 2 is 1.81 bits per heavy atom. The zero-order valence-corrected chi connectivity index (χ0v) is 12.8. The van der Waals surface area contributed by atoms with Crippen LogP contribution in [-0.4, -0.2) is 5.11 Å². The summed E-state index contributed by atoms with van der Waals surface area (Å²) in [5.41, 5.74) is 6.54. The molecule has 0 spiro atoms. The van der Waals surface area contributed by atoms with Gasteiger partial charge in [-0.3, -0.25) is 0 Å². The van der Waals surface area contributed by atoms with Crippen LogP contribution in [0.2, 0.25) is 0 Å². The molecule has 0 unspecified atom stereocenters. The van der Waals surface area contributed by atoms with Gasteiger partial charge in [0.2, 0.25) is 11.4 Å². The molecule has 1 atom stereocenters. The molecular weight excluding hydrogens is 262 g/mol. The fourth-order valence-corrected chi connectivity index (χ4v) is 3.55. The first-order valence-corrected chi connectivity index (χ1v) is 7.50. The first kappa shape index (κ1) is 14.1. The summed E-state index contributed by atoms with van der Waals surface area (Å²) in [7, 11) is 0. The number of aliphatic hydroxyl groups is 1. The van der Waals surface area contributed by atoms with Crippen molar-refractivity contribution in [3.05, 3.63) is 57.4 Å². The second-order valence-electron chi connectivity index (χ2n) is 6.11. The maximum absolute atomic E-state index is 12.8. The third-order valence-electron chi connectivity index (χ3n) is 4.38. The summed E-state index contributed by atoms with van der Waals surface area (Å²) < 4.78 is 0.948. The molecule has 1 heterocycles. The van der Waals surface area contributed by atoms with Crippen LogP contribution in [0, 0.1) is 26.0 Å². The van der Waals surface area contributed by atoms with Crippen LogP contribution in [0.5, 0.6) is 0 Å². The van der Waals surface area contributed by atoms with Crippen molar-refractivity contribution in [1.82, 2.24) is 0 Å². The van der Waals surface area contributed by atoms with E-state index >= 15 is 0 Å². The van der Waals surface area contributed by atoms with Crippen molar-refractivity contribution < 1.29 is 9.84 Å². The molecule has 0 radical (unpaired) electrons. The Kier molecular flexibility index (Phi) is 3.46. The third kappa shape index (κ3) is 2.32. The minimum atomic E-state index is -0.641. The predicted octanol–water partition coefficient (Wildman–Crippen LogP) is 3.28. The SMILES string of the molecule is Cc1cc(C)c(-c2ccc3c([n+]2[O-])[C@@H](O)CCC3)c(C)c1. The van der Waals surface area contributed by atoms with E-state index in [4.69, 9.17) is 0 Å². The lowest BCUT2D eigenvalue weighted by atomic mass is 9.91. The summed E-state index contributed by atoms with van der Waals surface area (Å²) in [6, 6.07) is 8.09. The smallest absolute Gasteiger partial charge is 0.225 e. The summed E-state index contributed by atoms with van der Waals surface area (Å²) in [5, 5.41) is 22.9. The molecule has 2 aromatic rings. The quantitative estimate of drug-likeness (QED) is 0.645. The summed E-state index contributed by atoms with van der Waals surface area (Å²) in [6.45, 7) is 6.13. The maximum Gasteiger partial charge on any atom is 0.225 e. The maximum atomic E-state index is 12.8. The second kappa shape index (κ2) is 5.15. The van der Waals surface area contributed by atoms with E-state index in [-0.39, 0.29) is 0 Å². The number of rotatable bonds is 1. The molecule has 21 heavy (non-hydrogen) atoms. The normalized spacial score (nSPS) is 17.6. The third-order valence-corrected chi connectivity index (χ3v) is 4.38. The van der Waals surface area contributed by atoms with Crippen molar-refractivity contribution in [3.8, 4) is 11.3 Å². The van der Waals surface area contributed by atoms with E-state index in [1.807, 2.05) is 26.0 Å². The fraction of sp³-hybridized carbons (Fsp3) is 0.389. The molecule has 1 aromatic carbocycles. The summed E-state index contributed by atoms with van der Waals surface area (Å²) in [6.07, 6.45) is 1.85. The Balaban J connectivity index is 2.23. The predicted molar refractivity (Wildman–Crippen MR) is 82.9 cm³/mol. The number of nitrogens with zero attached hydrogens (tertiary/aromatic N) is 1. The van der Waals surface area contributed by atoms with Gasteiger partial charge >= 0.3 is 0 Å². The topological polar surface area (TPSA) is 47.2 Å². The van der Waals surface area contributed by atoms with Crippen LogP contribution >= 0.6 is 0 Å². The Morgan fingerprint density at radius 1 is 1.14 bits per heavy atom. The van der Waals surface area contributed by atoms with E-state index in [1.165, 1.54) is 5.56 Å². The van der Waals surface area contributed by atoms with Gasteiger partial charge in [0.25, 0.3) is 0 Å². The highest BCUT2D eigenvalue weighted by molar-refractivity contribution is 5.66. The average molecular weight is 283 g/mol. The van der Waals surface area contributed by atoms with E-state index in [2.05, 4.69) is 19.1 Å². The van der Waals surface area contributed by atoms with Gasteiger partial charge in [-0.05, 0) is 57.2 Å². The molecule has 0 fully saturated rings. The molecule has 1 aromatic heterocycles. The van der Waals surface area contributed by atoms with Crippen LogP contribution in [0.4, 0.5) is 0 Å². The highest BCUT2D eigenvalue weighted by atomic mass is 16.5. The lowest BCUT2D eigenvalue weighted by molar-refractivity contribution is -0.608. The van der Waals surface area contributed by atoms with E-state index in [9.17, 15) is 10.3 Å². The number of hydrogen-bond acceptors (Lipinski definition) is 2. The number of aryl methyl sites for hydroxylation is 4. The lowest BCUT2D eigenvalue weighted by Gasteiger charge is -2.22. The first-order chi connectivity index (χ1) is 9.99. The number of aromatic nitrogens is 1. The molecule has 3 nitrogen and oxygen atoms in total. The van der Waals surface area contributed by atoms with Gasteiger partial charge in [0.05, 0.1) is 5.56 Å². The lowest BCUT2D eigenvalue weighted by Crippen LogP contribution is -2.39. The summed E-state index contributed by atoms with van der Waals surface area (Å²) >= 11 is 0. The van der Waals surface area contributed by atoms with Crippen LogP contribution < -0.4 is 4.73 Å². The Morgan fingerprint density at radius 3 is 2.48 bits per heavy atom. The highest BCUT2D eigenvalue weighted by Gasteiger charge is 2.29. The van der Waals surface area contributed by atoms with Crippen LogP contribution in [0.1, 0.15) is 46.9 Å². The highest BCUT2D eigenvalue weighted by Crippen LogP contribution is 2.31. The largest absolute Gasteiger partial charge is 0.618 e. The monoisotopic (exact) mass is 283 g/mol. The van der Waals surface area contributed by atoms with E-state index in [0.29, 0.717) is 17.8 Å². The molecule has 0 saturated heterocycles. The molecule has 0 aliphatic heterocycles. The van der Waals surface area contributed by atoms with E-state index in [0.717, 1.165) is 39.8 Å². The first-order valence-electron chi connectivity index (χ1n) is 7.50. The van der Waals surface area contributed by atoms with Crippen LogP contribution in [0.15, 0.2) is 24.3 Å². The minimum absolute atomic E-state index is 0.540. The zero-order valence-electron chi connectivity index (χ0n) is 12.8. The van der Waals surface area contributed by atoms with Crippen LogP contribution in [0.3, 0.4) is 0 Å². The minimum Gasteiger partial charge on any atom is -0.618 e. The molecule has 110 valence electrons. The number of aliphatic hydroxyl groups excluding tert-OH is 1. The number of pyridine rings is 1. The Hall–Kier alpha value is -1.87. The van der Waals surface area contributed by atoms with E-state index < -0.39 is 6.10 Å². The Labute approximate surface area is 125 Å².